The van der Waals surface area contributed by atoms with Crippen LogP contribution >= 0.6 is 11.6 Å². The molecule has 1 aliphatic heterocycles. The van der Waals surface area contributed by atoms with Gasteiger partial charge in [0, 0.05) is 0 Å². The molecule has 1 aromatic carbocycles. The third kappa shape index (κ3) is 4.13. The Labute approximate surface area is 158 Å². The summed E-state index contributed by atoms with van der Waals surface area (Å²) in [5.74, 6) is 0. The molecule has 142 valence electrons. The van der Waals surface area contributed by atoms with Crippen molar-refractivity contribution in [2.45, 2.75) is 52.0 Å². The van der Waals surface area contributed by atoms with E-state index in [1.165, 1.54) is 0 Å². The molecule has 1 aliphatic rings. The van der Waals surface area contributed by atoms with Gasteiger partial charge in [-0.3, -0.25) is 10.3 Å². The lowest BCUT2D eigenvalue weighted by Crippen LogP contribution is -2.47. The summed E-state index contributed by atoms with van der Waals surface area (Å²) in [5, 5.41) is 12.0. The number of amides is 1. The molecule has 0 aliphatic carbocycles. The Morgan fingerprint density at radius 2 is 2.15 bits per heavy atom. The van der Waals surface area contributed by atoms with E-state index in [9.17, 15) is 4.79 Å². The van der Waals surface area contributed by atoms with Gasteiger partial charge >= 0.3 is 6.09 Å². The smallest absolute Gasteiger partial charge is 0.413 e. The van der Waals surface area contributed by atoms with Crippen molar-refractivity contribution >= 4 is 29.7 Å². The summed E-state index contributed by atoms with van der Waals surface area (Å²) in [4.78, 5) is 14.3. The second-order valence-electron chi connectivity index (χ2n) is 7.41. The molecule has 0 radical (unpaired) electrons. The molecular formula is C17H24ClN5O3. The van der Waals surface area contributed by atoms with Gasteiger partial charge in [0.1, 0.15) is 17.7 Å². The number of hydrogen-bond acceptors (Lipinski definition) is 6. The van der Waals surface area contributed by atoms with Gasteiger partial charge in [0.2, 0.25) is 0 Å². The molecule has 1 aromatic rings. The van der Waals surface area contributed by atoms with Crippen LogP contribution in [-0.2, 0) is 9.47 Å². The molecule has 1 amide bonds. The monoisotopic (exact) mass is 381 g/mol. The number of nitrogens with zero attached hydrogens (tertiary/aromatic N) is 3. The quantitative estimate of drug-likeness (QED) is 0.340. The summed E-state index contributed by atoms with van der Waals surface area (Å²) < 4.78 is 11.4. The lowest BCUT2D eigenvalue weighted by Gasteiger charge is -2.35. The number of halogens is 1. The second kappa shape index (κ2) is 7.20. The van der Waals surface area contributed by atoms with E-state index >= 15 is 0 Å². The van der Waals surface area contributed by atoms with Gasteiger partial charge in [-0.1, -0.05) is 22.9 Å². The third-order valence-corrected chi connectivity index (χ3v) is 4.23. The highest BCUT2D eigenvalue weighted by molar-refractivity contribution is 6.33. The molecule has 1 atom stereocenters. The number of carbonyl (C=O) groups excluding carboxylic acids is 1. The van der Waals surface area contributed by atoms with E-state index in [1.54, 1.807) is 36.9 Å². The highest BCUT2D eigenvalue weighted by atomic mass is 35.5. The van der Waals surface area contributed by atoms with E-state index in [0.29, 0.717) is 10.7 Å². The van der Waals surface area contributed by atoms with Crippen LogP contribution < -0.4 is 5.01 Å². The van der Waals surface area contributed by atoms with Gasteiger partial charge in [-0.2, -0.15) is 5.53 Å². The van der Waals surface area contributed by atoms with Crippen molar-refractivity contribution in [1.82, 2.24) is 4.90 Å². The lowest BCUT2D eigenvalue weighted by molar-refractivity contribution is -0.0626. The van der Waals surface area contributed by atoms with Crippen LogP contribution in [0.2, 0.25) is 5.02 Å². The van der Waals surface area contributed by atoms with E-state index in [-0.39, 0.29) is 6.61 Å². The summed E-state index contributed by atoms with van der Waals surface area (Å²) in [5.41, 5.74) is 6.83. The number of anilines is 1. The van der Waals surface area contributed by atoms with Gasteiger partial charge in [-0.05, 0) is 52.3 Å². The molecule has 8 nitrogen and oxygen atoms in total. The van der Waals surface area contributed by atoms with Crippen LogP contribution in [0.25, 0.3) is 0 Å². The summed E-state index contributed by atoms with van der Waals surface area (Å²) in [6.07, 6.45) is 0.411. The topological polar surface area (TPSA) is 102 Å². The largest absolute Gasteiger partial charge is 0.444 e. The highest BCUT2D eigenvalue weighted by Crippen LogP contribution is 2.40. The number of nitrogens with one attached hydrogen (secondary N) is 2. The molecule has 9 heteroatoms. The molecular weight excluding hydrogens is 358 g/mol. The van der Waals surface area contributed by atoms with E-state index in [1.807, 2.05) is 20.8 Å². The van der Waals surface area contributed by atoms with E-state index < -0.39 is 23.5 Å². The fourth-order valence-electron chi connectivity index (χ4n) is 2.77. The van der Waals surface area contributed by atoms with Crippen molar-refractivity contribution in [3.8, 4) is 0 Å². The number of ether oxygens (including phenoxy) is 2. The maximum absolute atomic E-state index is 12.8. The zero-order valence-corrected chi connectivity index (χ0v) is 16.3. The fourth-order valence-corrected chi connectivity index (χ4v) is 2.97. The first-order valence-electron chi connectivity index (χ1n) is 8.13. The van der Waals surface area contributed by atoms with Crippen LogP contribution in [0.1, 0.15) is 46.2 Å². The zero-order valence-electron chi connectivity index (χ0n) is 15.5. The standard InChI is InChI=1S/C17H24ClN5O3/c1-16(2,3)26-15(24)23-14(9-25-17(23,4)5)11-6-7-12(18)13(8-11)22(10-19)21-20/h6-8,10,14,19-20H,9H2,1-5H3. The van der Waals surface area contributed by atoms with Gasteiger partial charge in [-0.15, -0.1) is 0 Å². The van der Waals surface area contributed by atoms with Crippen LogP contribution in [0.5, 0.6) is 0 Å². The van der Waals surface area contributed by atoms with Gasteiger partial charge in [-0.25, -0.2) is 9.80 Å². The molecule has 0 aromatic heterocycles. The Bertz CT molecular complexity index is 709. The molecule has 1 unspecified atom stereocenters. The molecule has 1 heterocycles. The van der Waals surface area contributed by atoms with Crippen molar-refractivity contribution in [3.63, 3.8) is 0 Å². The Kier molecular flexibility index (Phi) is 5.58. The Morgan fingerprint density at radius 3 is 2.69 bits per heavy atom. The van der Waals surface area contributed by atoms with Crippen molar-refractivity contribution in [2.24, 2.45) is 5.22 Å². The highest BCUT2D eigenvalue weighted by Gasteiger charge is 2.46. The first-order valence-corrected chi connectivity index (χ1v) is 8.51. The van der Waals surface area contributed by atoms with Crippen molar-refractivity contribution in [2.75, 3.05) is 11.6 Å². The van der Waals surface area contributed by atoms with Crippen molar-refractivity contribution < 1.29 is 14.3 Å². The summed E-state index contributed by atoms with van der Waals surface area (Å²) in [6.45, 7) is 9.31. The summed E-state index contributed by atoms with van der Waals surface area (Å²) >= 11 is 6.17. The Hall–Kier alpha value is -2.19. The maximum atomic E-state index is 12.8. The van der Waals surface area contributed by atoms with E-state index in [2.05, 4.69) is 5.22 Å². The number of benzene rings is 1. The summed E-state index contributed by atoms with van der Waals surface area (Å²) in [6, 6.07) is 4.73. The Morgan fingerprint density at radius 1 is 1.50 bits per heavy atom. The molecule has 1 fully saturated rings. The van der Waals surface area contributed by atoms with Gasteiger partial charge in [0.15, 0.2) is 0 Å². The lowest BCUT2D eigenvalue weighted by atomic mass is 10.0. The minimum atomic E-state index is -0.839. The van der Waals surface area contributed by atoms with Crippen LogP contribution in [0.3, 0.4) is 0 Å². The van der Waals surface area contributed by atoms with Gasteiger partial charge in [0.25, 0.3) is 0 Å². The average Bonchev–Trinajstić information content (AvgIpc) is 2.84. The van der Waals surface area contributed by atoms with E-state index in [0.717, 1.165) is 16.9 Å². The molecule has 2 N–H and O–H groups in total. The van der Waals surface area contributed by atoms with Crippen molar-refractivity contribution in [3.05, 3.63) is 28.8 Å². The third-order valence-electron chi connectivity index (χ3n) is 3.91. The summed E-state index contributed by atoms with van der Waals surface area (Å²) in [7, 11) is 0. The molecule has 2 rings (SSSR count). The van der Waals surface area contributed by atoms with Gasteiger partial charge < -0.3 is 9.47 Å². The van der Waals surface area contributed by atoms with Crippen LogP contribution in [0.4, 0.5) is 10.5 Å². The predicted octanol–water partition coefficient (Wildman–Crippen LogP) is 4.74. The zero-order chi connectivity index (χ0) is 19.7. The predicted molar refractivity (Wildman–Crippen MR) is 98.7 cm³/mol. The molecule has 26 heavy (non-hydrogen) atoms. The van der Waals surface area contributed by atoms with Crippen LogP contribution in [0.15, 0.2) is 23.4 Å². The van der Waals surface area contributed by atoms with E-state index in [4.69, 9.17) is 32.0 Å². The molecule has 0 spiro atoms. The average molecular weight is 382 g/mol. The SMILES string of the molecule is CC(C)(C)OC(=O)N1C(c2ccc(Cl)c(N(C=N)N=N)c2)COC1(C)C. The Balaban J connectivity index is 2.43. The normalized spacial score (nSPS) is 19.2. The molecule has 0 bridgehead atoms. The minimum Gasteiger partial charge on any atom is -0.444 e. The first-order chi connectivity index (χ1) is 12.0. The fraction of sp³-hybridized carbons (Fsp3) is 0.529. The maximum Gasteiger partial charge on any atom is 0.413 e. The number of rotatable bonds is 4. The van der Waals surface area contributed by atoms with Gasteiger partial charge in [0.05, 0.1) is 23.4 Å². The second-order valence-corrected chi connectivity index (χ2v) is 7.82. The first kappa shape index (κ1) is 20.1. The minimum absolute atomic E-state index is 0.288. The van der Waals surface area contributed by atoms with Crippen molar-refractivity contribution in [1.29, 1.82) is 10.9 Å². The molecule has 0 saturated carbocycles. The number of carbonyl (C=O) groups is 1. The van der Waals surface area contributed by atoms with Crippen LogP contribution in [-0.4, -0.2) is 35.3 Å². The van der Waals surface area contributed by atoms with Crippen LogP contribution in [0, 0.1) is 10.9 Å². The molecule has 1 saturated heterocycles. The number of hydrogen-bond donors (Lipinski definition) is 2.